The Morgan fingerprint density at radius 1 is 1.67 bits per heavy atom. The third-order valence-electron chi connectivity index (χ3n) is 1.20. The van der Waals surface area contributed by atoms with E-state index in [0.29, 0.717) is 17.7 Å². The number of nitrogens with two attached hydrogens (primary N) is 1. The van der Waals surface area contributed by atoms with Gasteiger partial charge in [0.15, 0.2) is 0 Å². The Hall–Kier alpha value is -0.810. The van der Waals surface area contributed by atoms with Crippen molar-refractivity contribution in [1.82, 2.24) is 10.2 Å². The van der Waals surface area contributed by atoms with E-state index in [1.165, 1.54) is 11.8 Å². The first-order valence-corrected chi connectivity index (χ1v) is 4.50. The highest BCUT2D eigenvalue weighted by Gasteiger charge is 2.02. The predicted molar refractivity (Wildman–Crippen MR) is 48.0 cm³/mol. The largest absolute Gasteiger partial charge is 0.416 e. The van der Waals surface area contributed by atoms with Crippen LogP contribution in [0.5, 0.6) is 0 Å². The average Bonchev–Trinajstić information content (AvgIpc) is 2.47. The summed E-state index contributed by atoms with van der Waals surface area (Å²) in [5.41, 5.74) is 6.33. The van der Waals surface area contributed by atoms with Crippen molar-refractivity contribution in [3.63, 3.8) is 0 Å². The van der Waals surface area contributed by atoms with Crippen molar-refractivity contribution in [1.29, 1.82) is 0 Å². The molecule has 0 bridgehead atoms. The van der Waals surface area contributed by atoms with E-state index in [1.54, 1.807) is 6.92 Å². The minimum Gasteiger partial charge on any atom is -0.416 e. The molecule has 0 atom stereocenters. The molecule has 2 N–H and O–H groups in total. The molecule has 0 amide bonds. The van der Waals surface area contributed by atoms with Crippen molar-refractivity contribution in [2.24, 2.45) is 5.73 Å². The predicted octanol–water partition coefficient (Wildman–Crippen LogP) is 0.985. The topological polar surface area (TPSA) is 64.9 Å². The van der Waals surface area contributed by atoms with E-state index in [2.05, 4.69) is 16.8 Å². The Kier molecular flexibility index (Phi) is 3.31. The van der Waals surface area contributed by atoms with Crippen LogP contribution in [-0.2, 0) is 0 Å². The highest BCUT2D eigenvalue weighted by atomic mass is 32.2. The van der Waals surface area contributed by atoms with Crippen LogP contribution in [-0.4, -0.2) is 22.5 Å². The first-order chi connectivity index (χ1) is 5.72. The molecule has 0 saturated carbocycles. The molecule has 0 aliphatic carbocycles. The number of hydrogen-bond acceptors (Lipinski definition) is 5. The van der Waals surface area contributed by atoms with E-state index >= 15 is 0 Å². The third-order valence-corrected chi connectivity index (χ3v) is 2.16. The quantitative estimate of drug-likeness (QED) is 0.559. The summed E-state index contributed by atoms with van der Waals surface area (Å²) in [6.07, 6.45) is 0. The lowest BCUT2D eigenvalue weighted by molar-refractivity contribution is 0.429. The molecule has 0 spiro atoms. The van der Waals surface area contributed by atoms with E-state index < -0.39 is 0 Å². The van der Waals surface area contributed by atoms with Crippen LogP contribution in [0.2, 0.25) is 0 Å². The van der Waals surface area contributed by atoms with Crippen molar-refractivity contribution < 1.29 is 4.42 Å². The van der Waals surface area contributed by atoms with Gasteiger partial charge < -0.3 is 10.2 Å². The van der Waals surface area contributed by atoms with Gasteiger partial charge in [0.2, 0.25) is 5.89 Å². The maximum atomic E-state index is 5.36. The van der Waals surface area contributed by atoms with Crippen molar-refractivity contribution in [3.05, 3.63) is 18.0 Å². The van der Waals surface area contributed by atoms with Crippen molar-refractivity contribution in [3.8, 4) is 0 Å². The standard InChI is InChI=1S/C7H11N3OS/c1-5(3-8)4-12-7-10-9-6(2)11-7/h1,3-4,8H2,2H3. The second-order valence-corrected chi connectivity index (χ2v) is 3.26. The third kappa shape index (κ3) is 2.67. The first kappa shape index (κ1) is 9.28. The smallest absolute Gasteiger partial charge is 0.276 e. The van der Waals surface area contributed by atoms with Crippen molar-refractivity contribution in [2.45, 2.75) is 12.1 Å². The van der Waals surface area contributed by atoms with Crippen LogP contribution < -0.4 is 5.73 Å². The molecular weight excluding hydrogens is 174 g/mol. The molecule has 1 aromatic heterocycles. The zero-order chi connectivity index (χ0) is 8.97. The summed E-state index contributed by atoms with van der Waals surface area (Å²) in [4.78, 5) is 0. The van der Waals surface area contributed by atoms with E-state index in [0.717, 1.165) is 11.3 Å². The summed E-state index contributed by atoms with van der Waals surface area (Å²) in [6, 6.07) is 0. The fourth-order valence-corrected chi connectivity index (χ4v) is 1.28. The van der Waals surface area contributed by atoms with Gasteiger partial charge in [0.1, 0.15) is 0 Å². The van der Waals surface area contributed by atoms with E-state index in [-0.39, 0.29) is 0 Å². The summed E-state index contributed by atoms with van der Waals surface area (Å²) >= 11 is 1.45. The normalized spacial score (nSPS) is 10.2. The first-order valence-electron chi connectivity index (χ1n) is 3.52. The van der Waals surface area contributed by atoms with Crippen LogP contribution in [0.4, 0.5) is 0 Å². The summed E-state index contributed by atoms with van der Waals surface area (Å²) in [5.74, 6) is 1.31. The van der Waals surface area contributed by atoms with Crippen LogP contribution in [0.25, 0.3) is 0 Å². The summed E-state index contributed by atoms with van der Waals surface area (Å²) in [7, 11) is 0. The Bertz CT molecular complexity index is 271. The number of aryl methyl sites for hydroxylation is 1. The zero-order valence-corrected chi connectivity index (χ0v) is 7.73. The highest BCUT2D eigenvalue weighted by molar-refractivity contribution is 7.99. The molecule has 5 heteroatoms. The Morgan fingerprint density at radius 3 is 2.92 bits per heavy atom. The molecule has 0 radical (unpaired) electrons. The lowest BCUT2D eigenvalue weighted by atomic mass is 10.4. The number of aromatic nitrogens is 2. The molecule has 0 fully saturated rings. The fourth-order valence-electron chi connectivity index (χ4n) is 0.559. The molecule has 1 rings (SSSR count). The number of hydrogen-bond donors (Lipinski definition) is 1. The van der Waals surface area contributed by atoms with Crippen LogP contribution in [0.15, 0.2) is 21.8 Å². The van der Waals surface area contributed by atoms with Gasteiger partial charge in [-0.15, -0.1) is 10.2 Å². The Labute approximate surface area is 75.2 Å². The number of rotatable bonds is 4. The van der Waals surface area contributed by atoms with E-state index in [1.807, 2.05) is 0 Å². The second-order valence-electron chi connectivity index (χ2n) is 2.33. The highest BCUT2D eigenvalue weighted by Crippen LogP contribution is 2.17. The van der Waals surface area contributed by atoms with Crippen molar-refractivity contribution >= 4 is 11.8 Å². The molecular formula is C7H11N3OS. The Morgan fingerprint density at radius 2 is 2.42 bits per heavy atom. The minimum absolute atomic E-state index is 0.500. The van der Waals surface area contributed by atoms with Gasteiger partial charge in [-0.25, -0.2) is 0 Å². The molecule has 1 heterocycles. The van der Waals surface area contributed by atoms with Crippen LogP contribution in [0.1, 0.15) is 5.89 Å². The molecule has 0 unspecified atom stereocenters. The monoisotopic (exact) mass is 185 g/mol. The molecule has 0 aliphatic heterocycles. The van der Waals surface area contributed by atoms with Gasteiger partial charge in [-0.1, -0.05) is 23.9 Å². The maximum Gasteiger partial charge on any atom is 0.276 e. The van der Waals surface area contributed by atoms with Gasteiger partial charge >= 0.3 is 0 Å². The summed E-state index contributed by atoms with van der Waals surface area (Å²) < 4.78 is 5.14. The summed E-state index contributed by atoms with van der Waals surface area (Å²) in [6.45, 7) is 6.02. The second kappa shape index (κ2) is 4.27. The SMILES string of the molecule is C=C(CN)CSc1nnc(C)o1. The van der Waals surface area contributed by atoms with Gasteiger partial charge in [0, 0.05) is 19.2 Å². The van der Waals surface area contributed by atoms with Gasteiger partial charge in [-0.2, -0.15) is 0 Å². The number of nitrogens with zero attached hydrogens (tertiary/aromatic N) is 2. The lowest BCUT2D eigenvalue weighted by Crippen LogP contribution is -2.03. The fraction of sp³-hybridized carbons (Fsp3) is 0.429. The van der Waals surface area contributed by atoms with Crippen LogP contribution >= 0.6 is 11.8 Å². The van der Waals surface area contributed by atoms with E-state index in [9.17, 15) is 0 Å². The maximum absolute atomic E-state index is 5.36. The lowest BCUT2D eigenvalue weighted by Gasteiger charge is -1.96. The van der Waals surface area contributed by atoms with E-state index in [4.69, 9.17) is 10.2 Å². The van der Waals surface area contributed by atoms with Crippen LogP contribution in [0, 0.1) is 6.92 Å². The zero-order valence-electron chi connectivity index (χ0n) is 6.91. The summed E-state index contributed by atoms with van der Waals surface area (Å²) in [5, 5.41) is 8.08. The molecule has 0 aromatic carbocycles. The van der Waals surface area contributed by atoms with Gasteiger partial charge in [0.05, 0.1) is 0 Å². The molecule has 1 aromatic rings. The molecule has 0 saturated heterocycles. The van der Waals surface area contributed by atoms with Gasteiger partial charge in [0.25, 0.3) is 5.22 Å². The molecule has 0 aliphatic rings. The van der Waals surface area contributed by atoms with Gasteiger partial charge in [-0.3, -0.25) is 0 Å². The number of thioether (sulfide) groups is 1. The Balaban J connectivity index is 2.38. The average molecular weight is 185 g/mol. The molecule has 12 heavy (non-hydrogen) atoms. The van der Waals surface area contributed by atoms with Crippen molar-refractivity contribution in [2.75, 3.05) is 12.3 Å². The molecule has 4 nitrogen and oxygen atoms in total. The minimum atomic E-state index is 0.500. The van der Waals surface area contributed by atoms with Crippen LogP contribution in [0.3, 0.4) is 0 Å². The molecule has 66 valence electrons. The van der Waals surface area contributed by atoms with Gasteiger partial charge in [-0.05, 0) is 0 Å².